The van der Waals surface area contributed by atoms with Gasteiger partial charge in [0.05, 0.1) is 5.69 Å². The summed E-state index contributed by atoms with van der Waals surface area (Å²) < 4.78 is 0. The number of rotatable bonds is 5. The third-order valence-electron chi connectivity index (χ3n) is 3.24. The fourth-order valence-corrected chi connectivity index (χ4v) is 1.89. The van der Waals surface area contributed by atoms with E-state index >= 15 is 0 Å². The van der Waals surface area contributed by atoms with E-state index in [4.69, 9.17) is 0 Å². The molecule has 0 fully saturated rings. The minimum Gasteiger partial charge on any atom is -0.478 e. The number of nitrogens with zero attached hydrogens (tertiary/aromatic N) is 2. The van der Waals surface area contributed by atoms with Gasteiger partial charge in [-0.15, -0.1) is 5.10 Å². The van der Waals surface area contributed by atoms with Gasteiger partial charge in [-0.3, -0.25) is 0 Å². The van der Waals surface area contributed by atoms with Crippen molar-refractivity contribution in [3.63, 3.8) is 0 Å². The first-order valence-electron chi connectivity index (χ1n) is 6.22. The van der Waals surface area contributed by atoms with Crippen molar-refractivity contribution in [2.24, 2.45) is 5.92 Å². The van der Waals surface area contributed by atoms with Crippen LogP contribution in [0.25, 0.3) is 0 Å². The Kier molecular flexibility index (Phi) is 4.64. The fraction of sp³-hybridized carbons (Fsp3) is 0.615. The summed E-state index contributed by atoms with van der Waals surface area (Å²) in [5.74, 6) is -0.196. The maximum atomic E-state index is 11.3. The zero-order valence-corrected chi connectivity index (χ0v) is 11.6. The van der Waals surface area contributed by atoms with Crippen LogP contribution in [0, 0.1) is 19.8 Å². The van der Waals surface area contributed by atoms with Crippen LogP contribution < -0.4 is 5.32 Å². The van der Waals surface area contributed by atoms with Gasteiger partial charge in [-0.05, 0) is 31.7 Å². The minimum atomic E-state index is -0.966. The summed E-state index contributed by atoms with van der Waals surface area (Å²) in [6.45, 7) is 9.77. The highest BCUT2D eigenvalue weighted by molar-refractivity contribution is 5.94. The number of hydrogen-bond donors (Lipinski definition) is 2. The van der Waals surface area contributed by atoms with Crippen LogP contribution in [-0.2, 0) is 0 Å². The van der Waals surface area contributed by atoms with Crippen LogP contribution in [0.4, 0.5) is 5.82 Å². The number of aromatic carboxylic acids is 1. The van der Waals surface area contributed by atoms with Gasteiger partial charge in [-0.25, -0.2) is 4.79 Å². The second kappa shape index (κ2) is 5.80. The predicted octanol–water partition coefficient (Wildman–Crippen LogP) is 2.64. The first kappa shape index (κ1) is 14.4. The molecule has 1 rings (SSSR count). The van der Waals surface area contributed by atoms with Crippen molar-refractivity contribution >= 4 is 11.8 Å². The predicted molar refractivity (Wildman–Crippen MR) is 71.0 cm³/mol. The molecule has 0 spiro atoms. The average molecular weight is 251 g/mol. The minimum absolute atomic E-state index is 0.194. The quantitative estimate of drug-likeness (QED) is 0.841. The third kappa shape index (κ3) is 2.97. The summed E-state index contributed by atoms with van der Waals surface area (Å²) >= 11 is 0. The van der Waals surface area contributed by atoms with Crippen LogP contribution in [0.15, 0.2) is 0 Å². The smallest absolute Gasteiger partial charge is 0.339 e. The maximum absolute atomic E-state index is 11.3. The van der Waals surface area contributed by atoms with Gasteiger partial charge in [0, 0.05) is 6.04 Å². The molecule has 0 aliphatic heterocycles. The van der Waals surface area contributed by atoms with E-state index in [9.17, 15) is 9.90 Å². The first-order valence-corrected chi connectivity index (χ1v) is 6.22. The van der Waals surface area contributed by atoms with E-state index in [1.54, 1.807) is 13.8 Å². The van der Waals surface area contributed by atoms with Crippen molar-refractivity contribution in [1.82, 2.24) is 10.2 Å². The zero-order valence-electron chi connectivity index (χ0n) is 11.6. The SMILES string of the molecule is CCC(Nc1nnc(C)c(C)c1C(=O)O)C(C)C. The summed E-state index contributed by atoms with van der Waals surface area (Å²) in [5.41, 5.74) is 1.54. The summed E-state index contributed by atoms with van der Waals surface area (Å²) in [7, 11) is 0. The first-order chi connectivity index (χ1) is 8.38. The Hall–Kier alpha value is -1.65. The van der Waals surface area contributed by atoms with Gasteiger partial charge < -0.3 is 10.4 Å². The Balaban J connectivity index is 3.16. The van der Waals surface area contributed by atoms with Gasteiger partial charge in [0.15, 0.2) is 5.82 Å². The average Bonchev–Trinajstić information content (AvgIpc) is 2.29. The molecule has 1 aromatic heterocycles. The van der Waals surface area contributed by atoms with Crippen LogP contribution in [0.2, 0.25) is 0 Å². The molecule has 0 bridgehead atoms. The van der Waals surface area contributed by atoms with Gasteiger partial charge in [-0.2, -0.15) is 5.10 Å². The lowest BCUT2D eigenvalue weighted by Gasteiger charge is -2.22. The van der Waals surface area contributed by atoms with E-state index in [0.717, 1.165) is 6.42 Å². The Morgan fingerprint density at radius 3 is 2.39 bits per heavy atom. The second-order valence-corrected chi connectivity index (χ2v) is 4.84. The number of carbonyl (C=O) groups is 1. The maximum Gasteiger partial charge on any atom is 0.339 e. The summed E-state index contributed by atoms with van der Waals surface area (Å²) in [6, 6.07) is 0.194. The Labute approximate surface area is 108 Å². The molecule has 1 unspecified atom stereocenters. The van der Waals surface area contributed by atoms with E-state index in [0.29, 0.717) is 23.0 Å². The molecule has 0 aromatic carbocycles. The number of aromatic nitrogens is 2. The topological polar surface area (TPSA) is 75.1 Å². The molecular weight excluding hydrogens is 230 g/mol. The molecule has 1 aromatic rings. The second-order valence-electron chi connectivity index (χ2n) is 4.84. The molecule has 2 N–H and O–H groups in total. The van der Waals surface area contributed by atoms with Crippen LogP contribution >= 0.6 is 0 Å². The molecule has 0 saturated heterocycles. The fourth-order valence-electron chi connectivity index (χ4n) is 1.89. The van der Waals surface area contributed by atoms with Crippen molar-refractivity contribution in [2.45, 2.75) is 47.1 Å². The standard InChI is InChI=1S/C13H21N3O2/c1-6-10(7(2)3)14-12-11(13(17)18)8(4)9(5)15-16-12/h7,10H,6H2,1-5H3,(H,14,16)(H,17,18). The van der Waals surface area contributed by atoms with Crippen molar-refractivity contribution in [1.29, 1.82) is 0 Å². The van der Waals surface area contributed by atoms with E-state index in [1.807, 2.05) is 0 Å². The lowest BCUT2D eigenvalue weighted by atomic mass is 10.0. The van der Waals surface area contributed by atoms with Crippen LogP contribution in [0.1, 0.15) is 48.8 Å². The highest BCUT2D eigenvalue weighted by Crippen LogP contribution is 2.21. The Morgan fingerprint density at radius 1 is 1.33 bits per heavy atom. The van der Waals surface area contributed by atoms with Gasteiger partial charge in [-0.1, -0.05) is 20.8 Å². The molecule has 1 atom stereocenters. The molecule has 0 aliphatic rings. The van der Waals surface area contributed by atoms with E-state index < -0.39 is 5.97 Å². The highest BCUT2D eigenvalue weighted by atomic mass is 16.4. The zero-order chi connectivity index (χ0) is 13.9. The van der Waals surface area contributed by atoms with E-state index in [2.05, 4.69) is 36.3 Å². The van der Waals surface area contributed by atoms with E-state index in [-0.39, 0.29) is 11.6 Å². The number of carboxylic acids is 1. The Morgan fingerprint density at radius 2 is 1.94 bits per heavy atom. The lowest BCUT2D eigenvalue weighted by molar-refractivity contribution is 0.0696. The van der Waals surface area contributed by atoms with Gasteiger partial charge in [0.25, 0.3) is 0 Å². The summed E-state index contributed by atoms with van der Waals surface area (Å²) in [5, 5.41) is 20.5. The molecule has 0 amide bonds. The molecule has 5 nitrogen and oxygen atoms in total. The molecule has 1 heterocycles. The normalized spacial score (nSPS) is 12.6. The molecule has 0 aliphatic carbocycles. The van der Waals surface area contributed by atoms with Crippen LogP contribution in [0.5, 0.6) is 0 Å². The van der Waals surface area contributed by atoms with Crippen molar-refractivity contribution in [3.05, 3.63) is 16.8 Å². The molecule has 100 valence electrons. The lowest BCUT2D eigenvalue weighted by Crippen LogP contribution is -2.27. The summed E-state index contributed by atoms with van der Waals surface area (Å²) in [4.78, 5) is 11.3. The number of carboxylic acid groups (broad SMARTS) is 1. The van der Waals surface area contributed by atoms with Crippen molar-refractivity contribution in [3.8, 4) is 0 Å². The monoisotopic (exact) mass is 251 g/mol. The third-order valence-corrected chi connectivity index (χ3v) is 3.24. The van der Waals surface area contributed by atoms with Gasteiger partial charge in [0.2, 0.25) is 0 Å². The number of hydrogen-bond acceptors (Lipinski definition) is 4. The Bertz CT molecular complexity index is 444. The van der Waals surface area contributed by atoms with Crippen LogP contribution in [0.3, 0.4) is 0 Å². The van der Waals surface area contributed by atoms with Gasteiger partial charge >= 0.3 is 5.97 Å². The number of anilines is 1. The molecule has 18 heavy (non-hydrogen) atoms. The summed E-state index contributed by atoms with van der Waals surface area (Å²) in [6.07, 6.45) is 0.908. The number of nitrogens with one attached hydrogen (secondary N) is 1. The number of aryl methyl sites for hydroxylation is 1. The van der Waals surface area contributed by atoms with Crippen molar-refractivity contribution in [2.75, 3.05) is 5.32 Å². The highest BCUT2D eigenvalue weighted by Gasteiger charge is 2.20. The molecule has 0 saturated carbocycles. The van der Waals surface area contributed by atoms with Crippen LogP contribution in [-0.4, -0.2) is 27.3 Å². The molecule has 5 heteroatoms. The largest absolute Gasteiger partial charge is 0.478 e. The molecular formula is C13H21N3O2. The van der Waals surface area contributed by atoms with E-state index in [1.165, 1.54) is 0 Å². The van der Waals surface area contributed by atoms with Gasteiger partial charge in [0.1, 0.15) is 5.56 Å². The molecule has 0 radical (unpaired) electrons. The van der Waals surface area contributed by atoms with Crippen molar-refractivity contribution < 1.29 is 9.90 Å².